The molecule has 4 aromatic rings. The number of nitrogens with two attached hydrogens (primary N) is 2. The van der Waals surface area contributed by atoms with E-state index in [0.717, 1.165) is 5.56 Å². The highest BCUT2D eigenvalue weighted by Gasteiger charge is 2.21. The molecule has 41 heavy (non-hydrogen) atoms. The van der Waals surface area contributed by atoms with Crippen molar-refractivity contribution in [3.05, 3.63) is 75.6 Å². The zero-order chi connectivity index (χ0) is 29.8. The highest BCUT2D eigenvalue weighted by Crippen LogP contribution is 2.40. The maximum atomic E-state index is 9.04. The Morgan fingerprint density at radius 2 is 1.15 bits per heavy atom. The van der Waals surface area contributed by atoms with Crippen LogP contribution in [0.5, 0.6) is 23.0 Å². The van der Waals surface area contributed by atoms with Crippen LogP contribution in [0.1, 0.15) is 7.43 Å². The summed E-state index contributed by atoms with van der Waals surface area (Å²) in [6, 6.07) is 13.8. The summed E-state index contributed by atoms with van der Waals surface area (Å²) in [7, 11) is 4.50. The van der Waals surface area contributed by atoms with Crippen molar-refractivity contribution in [2.24, 2.45) is 0 Å². The maximum Gasteiger partial charge on any atom is 0.496 e. The third-order valence-corrected chi connectivity index (χ3v) is 6.18. The number of benzene rings is 2. The average molecular weight is 670 g/mol. The van der Waals surface area contributed by atoms with Gasteiger partial charge in [-0.15, -0.1) is 0 Å². The third-order valence-electron chi connectivity index (χ3n) is 5.11. The third kappa shape index (κ3) is 9.87. The Labute approximate surface area is 258 Å². The fourth-order valence-corrected chi connectivity index (χ4v) is 3.87. The van der Waals surface area contributed by atoms with Gasteiger partial charge in [-0.2, -0.15) is 0 Å². The van der Waals surface area contributed by atoms with Crippen molar-refractivity contribution in [2.75, 3.05) is 39.9 Å². The van der Waals surface area contributed by atoms with Crippen molar-refractivity contribution in [1.29, 1.82) is 0 Å². The monoisotopic (exact) mass is 668 g/mol. The molecule has 0 radical (unpaired) electrons. The van der Waals surface area contributed by atoms with Crippen LogP contribution in [0.25, 0.3) is 11.3 Å². The van der Waals surface area contributed by atoms with Crippen molar-refractivity contribution in [3.63, 3.8) is 0 Å². The molecule has 0 unspecified atom stereocenters. The molecular weight excluding hydrogens is 638 g/mol. The van der Waals surface area contributed by atoms with E-state index in [1.807, 2.05) is 18.2 Å². The molecule has 0 aliphatic heterocycles. The van der Waals surface area contributed by atoms with Gasteiger partial charge in [-0.3, -0.25) is 4.98 Å². The van der Waals surface area contributed by atoms with Gasteiger partial charge < -0.3 is 40.5 Å². The zero-order valence-electron chi connectivity index (χ0n) is 22.1. The molecule has 220 valence electrons. The normalized spacial score (nSPS) is 9.59. The van der Waals surface area contributed by atoms with E-state index in [1.165, 1.54) is 20.4 Å². The van der Waals surface area contributed by atoms with E-state index >= 15 is 0 Å². The van der Waals surface area contributed by atoms with Crippen LogP contribution >= 0.6 is 39.1 Å². The number of halogens is 3. The van der Waals surface area contributed by atoms with Gasteiger partial charge in [0.25, 0.3) is 0 Å². The first-order valence-corrected chi connectivity index (χ1v) is 12.9. The Morgan fingerprint density at radius 3 is 1.51 bits per heavy atom. The second-order valence-electron chi connectivity index (χ2n) is 7.61. The fourth-order valence-electron chi connectivity index (χ4n) is 3.32. The lowest BCUT2D eigenvalue weighted by Gasteiger charge is -2.13. The van der Waals surface area contributed by atoms with Gasteiger partial charge in [0.15, 0.2) is 0 Å². The maximum absolute atomic E-state index is 9.04. The number of methoxy groups -OCH3 is 4. The molecule has 10 nitrogen and oxygen atoms in total. The largest absolute Gasteiger partial charge is 0.497 e. The first kappa shape index (κ1) is 35.6. The molecule has 0 bridgehead atoms. The lowest BCUT2D eigenvalue weighted by molar-refractivity contribution is 0.385. The van der Waals surface area contributed by atoms with E-state index < -0.39 is 7.12 Å². The van der Waals surface area contributed by atoms with E-state index in [1.54, 1.807) is 50.7 Å². The Morgan fingerprint density at radius 1 is 0.732 bits per heavy atom. The summed E-state index contributed by atoms with van der Waals surface area (Å²) in [5, 5.41) is 19.1. The van der Waals surface area contributed by atoms with Gasteiger partial charge in [0.1, 0.15) is 33.3 Å². The van der Waals surface area contributed by atoms with E-state index in [-0.39, 0.29) is 12.9 Å². The highest BCUT2D eigenvalue weighted by molar-refractivity contribution is 9.10. The van der Waals surface area contributed by atoms with Crippen molar-refractivity contribution in [2.45, 2.75) is 7.43 Å². The van der Waals surface area contributed by atoms with E-state index in [4.69, 9.17) is 63.7 Å². The summed E-state index contributed by atoms with van der Waals surface area (Å²) in [5.74, 6) is 2.09. The van der Waals surface area contributed by atoms with Crippen LogP contribution in [0.15, 0.2) is 65.5 Å². The number of hydrogen-bond acceptors (Lipinski definition) is 10. The molecule has 0 spiro atoms. The number of nitrogen functional groups attached to an aromatic ring is 2. The number of ether oxygens (including phenoxy) is 4. The predicted octanol–water partition coefficient (Wildman–Crippen LogP) is 5.10. The molecular formula is C27H32BBrCl2N4O6. The molecule has 0 aliphatic carbocycles. The standard InChI is InChI=1S/C13H13ClN2O2.C8H11BO4.C5H4BrClN2.CH4/c1-17-10-4-3-5-11(18-2)12(10)13-9(15)6-8(14)7-16-13;1-12-6-4-3-5-7(13-2)8(6)9(10)11;6-5-4(8)1-3(7)2-9-5;/h3-7H,15H2,1-2H3;3-5,10-11H,1-2H3;1-2H,8H2;1H4. The number of aromatic nitrogens is 2. The molecule has 2 aromatic carbocycles. The minimum atomic E-state index is -1.59. The van der Waals surface area contributed by atoms with Crippen LogP contribution < -0.4 is 35.9 Å². The van der Waals surface area contributed by atoms with Crippen LogP contribution in [-0.2, 0) is 0 Å². The molecule has 2 aromatic heterocycles. The number of anilines is 2. The highest BCUT2D eigenvalue weighted by atomic mass is 79.9. The van der Waals surface area contributed by atoms with Crippen LogP contribution in [0.4, 0.5) is 11.4 Å². The number of pyridine rings is 2. The van der Waals surface area contributed by atoms with E-state index in [0.29, 0.717) is 54.7 Å². The predicted molar refractivity (Wildman–Crippen MR) is 170 cm³/mol. The number of rotatable bonds is 6. The molecule has 0 fully saturated rings. The molecule has 2 heterocycles. The van der Waals surface area contributed by atoms with Crippen molar-refractivity contribution < 1.29 is 29.0 Å². The van der Waals surface area contributed by atoms with Gasteiger partial charge in [0.05, 0.1) is 60.9 Å². The lowest BCUT2D eigenvalue weighted by Crippen LogP contribution is -2.32. The van der Waals surface area contributed by atoms with Crippen LogP contribution in [-0.4, -0.2) is 55.6 Å². The van der Waals surface area contributed by atoms with Crippen LogP contribution in [0.3, 0.4) is 0 Å². The summed E-state index contributed by atoms with van der Waals surface area (Å²) in [6.45, 7) is 0. The molecule has 0 aliphatic rings. The topological polar surface area (TPSA) is 155 Å². The SMILES string of the molecule is C.COc1cccc(OC)c1-c1ncc(Cl)cc1N.COc1cccc(OC)c1B(O)O.Nc1cc(Cl)cnc1Br. The summed E-state index contributed by atoms with van der Waals surface area (Å²) in [6.07, 6.45) is 3.07. The van der Waals surface area contributed by atoms with Crippen molar-refractivity contribution >= 4 is 63.1 Å². The van der Waals surface area contributed by atoms with Gasteiger partial charge in [0.2, 0.25) is 0 Å². The number of nitrogens with zero attached hydrogens (tertiary/aromatic N) is 2. The summed E-state index contributed by atoms with van der Waals surface area (Å²) < 4.78 is 21.2. The molecule has 14 heteroatoms. The second kappa shape index (κ2) is 17.4. The van der Waals surface area contributed by atoms with Gasteiger partial charge in [-0.25, -0.2) is 4.98 Å². The quantitative estimate of drug-likeness (QED) is 0.161. The minimum Gasteiger partial charge on any atom is -0.497 e. The Bertz CT molecular complexity index is 1370. The van der Waals surface area contributed by atoms with Gasteiger partial charge >= 0.3 is 7.12 Å². The molecule has 0 saturated carbocycles. The van der Waals surface area contributed by atoms with Crippen molar-refractivity contribution in [1.82, 2.24) is 9.97 Å². The fraction of sp³-hybridized carbons (Fsp3) is 0.185. The molecule has 4 rings (SSSR count). The van der Waals surface area contributed by atoms with Crippen molar-refractivity contribution in [3.8, 4) is 34.3 Å². The zero-order valence-corrected chi connectivity index (χ0v) is 25.2. The molecule has 0 atom stereocenters. The lowest BCUT2D eigenvalue weighted by atomic mass is 9.78. The van der Waals surface area contributed by atoms with E-state index in [2.05, 4.69) is 25.9 Å². The average Bonchev–Trinajstić information content (AvgIpc) is 2.95. The Hall–Kier alpha value is -3.42. The second-order valence-corrected chi connectivity index (χ2v) is 9.24. The van der Waals surface area contributed by atoms with Gasteiger partial charge in [-0.05, 0) is 52.3 Å². The molecule has 6 N–H and O–H groups in total. The first-order valence-electron chi connectivity index (χ1n) is 11.3. The molecule has 0 amide bonds. The van der Waals surface area contributed by atoms with Crippen LogP contribution in [0, 0.1) is 0 Å². The minimum absolute atomic E-state index is 0. The van der Waals surface area contributed by atoms with E-state index in [9.17, 15) is 0 Å². The molecule has 0 saturated heterocycles. The summed E-state index contributed by atoms with van der Waals surface area (Å²) in [4.78, 5) is 8.09. The Kier molecular flexibility index (Phi) is 15.1. The van der Waals surface area contributed by atoms with Gasteiger partial charge in [0, 0.05) is 12.4 Å². The Balaban J connectivity index is 0.000000322. The summed E-state index contributed by atoms with van der Waals surface area (Å²) in [5.41, 5.74) is 14.0. The number of hydrogen-bond donors (Lipinski definition) is 4. The van der Waals surface area contributed by atoms with Gasteiger partial charge in [-0.1, -0.05) is 42.8 Å². The summed E-state index contributed by atoms with van der Waals surface area (Å²) >= 11 is 14.5. The smallest absolute Gasteiger partial charge is 0.496 e. The first-order chi connectivity index (χ1) is 19.1. The van der Waals surface area contributed by atoms with Crippen LogP contribution in [0.2, 0.25) is 10.0 Å².